The third-order valence-electron chi connectivity index (χ3n) is 8.78. The van der Waals surface area contributed by atoms with Gasteiger partial charge in [-0.25, -0.2) is 0 Å². The average Bonchev–Trinajstić information content (AvgIpc) is 2.87. The van der Waals surface area contributed by atoms with E-state index in [1.165, 1.54) is 38.5 Å². The molecule has 0 radical (unpaired) electrons. The van der Waals surface area contributed by atoms with Gasteiger partial charge in [-0.2, -0.15) is 0 Å². The molecule has 1 N–H and O–H groups in total. The lowest BCUT2D eigenvalue weighted by Crippen LogP contribution is -2.57. The summed E-state index contributed by atoms with van der Waals surface area (Å²) in [6.07, 6.45) is 7.71. The minimum Gasteiger partial charge on any atom is -0.337 e. The van der Waals surface area contributed by atoms with Crippen molar-refractivity contribution in [3.05, 3.63) is 108 Å². The van der Waals surface area contributed by atoms with Gasteiger partial charge in [0, 0.05) is 0 Å². The van der Waals surface area contributed by atoms with Gasteiger partial charge in [0.05, 0.1) is 4.83 Å². The summed E-state index contributed by atoms with van der Waals surface area (Å²) >= 11 is 3.99. The van der Waals surface area contributed by atoms with E-state index < -0.39 is 5.54 Å². The Kier molecular flexibility index (Phi) is 5.64. The molecule has 0 saturated heterocycles. The van der Waals surface area contributed by atoms with Crippen molar-refractivity contribution in [2.45, 2.75) is 48.9 Å². The van der Waals surface area contributed by atoms with E-state index in [9.17, 15) is 4.79 Å². The Balaban J connectivity index is 1.43. The maximum atomic E-state index is 14.2. The Morgan fingerprint density at radius 1 is 0.706 bits per heavy atom. The van der Waals surface area contributed by atoms with Crippen molar-refractivity contribution >= 4 is 21.8 Å². The molecule has 0 aliphatic heterocycles. The first-order chi connectivity index (χ1) is 16.6. The molecule has 3 heteroatoms. The van der Waals surface area contributed by atoms with Crippen molar-refractivity contribution in [2.75, 3.05) is 0 Å². The van der Waals surface area contributed by atoms with Crippen LogP contribution in [-0.4, -0.2) is 10.7 Å². The Labute approximate surface area is 211 Å². The highest BCUT2D eigenvalue weighted by molar-refractivity contribution is 9.10. The zero-order chi connectivity index (χ0) is 23.2. The van der Waals surface area contributed by atoms with Gasteiger partial charge in [0.15, 0.2) is 0 Å². The van der Waals surface area contributed by atoms with Gasteiger partial charge >= 0.3 is 0 Å². The van der Waals surface area contributed by atoms with Crippen LogP contribution in [0.3, 0.4) is 0 Å². The number of nitrogens with one attached hydrogen (secondary N) is 1. The summed E-state index contributed by atoms with van der Waals surface area (Å²) < 4.78 is 0. The second-order valence-corrected chi connectivity index (χ2v) is 11.9. The Bertz CT molecular complexity index is 1010. The van der Waals surface area contributed by atoms with Gasteiger partial charge < -0.3 is 5.32 Å². The van der Waals surface area contributed by atoms with E-state index in [2.05, 4.69) is 94.0 Å². The van der Waals surface area contributed by atoms with Crippen LogP contribution in [0.5, 0.6) is 0 Å². The minimum atomic E-state index is -0.755. The molecule has 0 aromatic heterocycles. The zero-order valence-corrected chi connectivity index (χ0v) is 21.1. The van der Waals surface area contributed by atoms with Crippen LogP contribution in [0.15, 0.2) is 91.0 Å². The SMILES string of the molecule is O=C(NC(c1ccccc1)(c1ccccc1)c1ccccc1)C(Br)C12CC3CC(CC(C3)C1)C2. The largest absolute Gasteiger partial charge is 0.337 e. The van der Waals surface area contributed by atoms with Crippen molar-refractivity contribution in [2.24, 2.45) is 23.2 Å². The monoisotopic (exact) mass is 513 g/mol. The van der Waals surface area contributed by atoms with E-state index >= 15 is 0 Å². The Hall–Kier alpha value is -2.39. The highest BCUT2D eigenvalue weighted by atomic mass is 79.9. The summed E-state index contributed by atoms with van der Waals surface area (Å²) in [5.41, 5.74) is 2.56. The molecule has 4 bridgehead atoms. The molecule has 1 atom stereocenters. The fourth-order valence-electron chi connectivity index (χ4n) is 7.80. The van der Waals surface area contributed by atoms with Crippen LogP contribution in [0, 0.1) is 23.2 Å². The Morgan fingerprint density at radius 2 is 1.06 bits per heavy atom. The molecule has 4 fully saturated rings. The lowest BCUT2D eigenvalue weighted by molar-refractivity contribution is -0.129. The van der Waals surface area contributed by atoms with Gasteiger partial charge in [-0.15, -0.1) is 0 Å². The fraction of sp³-hybridized carbons (Fsp3) is 0.387. The summed E-state index contributed by atoms with van der Waals surface area (Å²) in [7, 11) is 0. The van der Waals surface area contributed by atoms with Gasteiger partial charge in [-0.3, -0.25) is 4.79 Å². The number of hydrogen-bond acceptors (Lipinski definition) is 1. The van der Waals surface area contributed by atoms with E-state index in [4.69, 9.17) is 0 Å². The third-order valence-corrected chi connectivity index (χ3v) is 10.2. The standard InChI is InChI=1S/C31H32BrNO/c32-28(30-19-22-16-23(20-30)18-24(17-22)21-30)29(34)33-31(25-10-4-1-5-11-25,26-12-6-2-7-13-26)27-14-8-3-9-15-27/h1-15,22-24,28H,16-21H2,(H,33,34). The predicted molar refractivity (Wildman–Crippen MR) is 141 cm³/mol. The maximum absolute atomic E-state index is 14.2. The number of carbonyl (C=O) groups is 1. The van der Waals surface area contributed by atoms with Crippen molar-refractivity contribution in [3.63, 3.8) is 0 Å². The molecular weight excluding hydrogens is 482 g/mol. The van der Waals surface area contributed by atoms with Crippen LogP contribution in [0.4, 0.5) is 0 Å². The van der Waals surface area contributed by atoms with Crippen LogP contribution >= 0.6 is 15.9 Å². The summed E-state index contributed by atoms with van der Waals surface area (Å²) in [6, 6.07) is 31.3. The molecule has 34 heavy (non-hydrogen) atoms. The van der Waals surface area contributed by atoms with Gasteiger partial charge in [0.1, 0.15) is 5.54 Å². The molecule has 2 nitrogen and oxygen atoms in total. The van der Waals surface area contributed by atoms with E-state index in [1.807, 2.05) is 18.2 Å². The number of carbonyl (C=O) groups excluding carboxylic acids is 1. The van der Waals surface area contributed by atoms with Crippen molar-refractivity contribution in [1.82, 2.24) is 5.32 Å². The summed E-state index contributed by atoms with van der Waals surface area (Å²) in [6.45, 7) is 0. The lowest BCUT2D eigenvalue weighted by atomic mass is 9.48. The smallest absolute Gasteiger partial charge is 0.235 e. The predicted octanol–water partition coefficient (Wildman–Crippen LogP) is 7.07. The molecular formula is C31H32BrNO. The zero-order valence-electron chi connectivity index (χ0n) is 19.5. The number of benzene rings is 3. The van der Waals surface area contributed by atoms with Crippen molar-refractivity contribution in [3.8, 4) is 0 Å². The van der Waals surface area contributed by atoms with Crippen LogP contribution < -0.4 is 5.32 Å². The first kappa shape index (κ1) is 22.1. The maximum Gasteiger partial charge on any atom is 0.235 e. The quantitative estimate of drug-likeness (QED) is 0.277. The fourth-order valence-corrected chi connectivity index (χ4v) is 8.47. The molecule has 0 spiro atoms. The van der Waals surface area contributed by atoms with Gasteiger partial charge in [0.25, 0.3) is 0 Å². The van der Waals surface area contributed by atoms with E-state index in [-0.39, 0.29) is 16.1 Å². The lowest BCUT2D eigenvalue weighted by Gasteiger charge is -2.58. The van der Waals surface area contributed by atoms with Gasteiger partial charge in [-0.05, 0) is 78.4 Å². The number of alkyl halides is 1. The van der Waals surface area contributed by atoms with Gasteiger partial charge in [0.2, 0.25) is 5.91 Å². The van der Waals surface area contributed by atoms with Crippen LogP contribution in [0.2, 0.25) is 0 Å². The molecule has 1 unspecified atom stereocenters. The van der Waals surface area contributed by atoms with Crippen LogP contribution in [0.25, 0.3) is 0 Å². The molecule has 1 amide bonds. The average molecular weight is 515 g/mol. The minimum absolute atomic E-state index is 0.0919. The van der Waals surface area contributed by atoms with Gasteiger partial charge in [-0.1, -0.05) is 107 Å². The topological polar surface area (TPSA) is 29.1 Å². The Morgan fingerprint density at radius 3 is 1.41 bits per heavy atom. The second kappa shape index (κ2) is 8.68. The first-order valence-electron chi connectivity index (χ1n) is 12.7. The molecule has 3 aromatic carbocycles. The molecule has 174 valence electrons. The number of halogens is 1. The molecule has 3 aromatic rings. The molecule has 7 rings (SSSR count). The van der Waals surface area contributed by atoms with E-state index in [0.29, 0.717) is 0 Å². The molecule has 4 aliphatic rings. The summed E-state index contributed by atoms with van der Waals surface area (Å²) in [5, 5.41) is 3.62. The summed E-state index contributed by atoms with van der Waals surface area (Å²) in [5.74, 6) is 2.53. The van der Waals surface area contributed by atoms with Crippen LogP contribution in [-0.2, 0) is 10.3 Å². The third kappa shape index (κ3) is 3.64. The normalized spacial score (nSPS) is 28.4. The van der Waals surface area contributed by atoms with E-state index in [1.54, 1.807) is 0 Å². The number of amides is 1. The number of hydrogen-bond donors (Lipinski definition) is 1. The first-order valence-corrected chi connectivity index (χ1v) is 13.6. The molecule has 0 heterocycles. The highest BCUT2D eigenvalue weighted by Gasteiger charge is 2.56. The highest BCUT2D eigenvalue weighted by Crippen LogP contribution is 2.62. The van der Waals surface area contributed by atoms with Crippen molar-refractivity contribution < 1.29 is 4.79 Å². The summed E-state index contributed by atoms with van der Waals surface area (Å²) in [4.78, 5) is 14.1. The molecule has 4 aliphatic carbocycles. The van der Waals surface area contributed by atoms with Crippen molar-refractivity contribution in [1.29, 1.82) is 0 Å². The second-order valence-electron chi connectivity index (χ2n) is 11.0. The van der Waals surface area contributed by atoms with E-state index in [0.717, 1.165) is 34.4 Å². The number of rotatable bonds is 6. The van der Waals surface area contributed by atoms with Crippen LogP contribution in [0.1, 0.15) is 55.2 Å². The molecule has 4 saturated carbocycles.